The van der Waals surface area contributed by atoms with Crippen LogP contribution in [0.1, 0.15) is 126 Å². The third kappa shape index (κ3) is 17.7. The number of piperidine rings is 1. The van der Waals surface area contributed by atoms with E-state index in [0.717, 1.165) is 10.5 Å². The van der Waals surface area contributed by atoms with Crippen LogP contribution in [0.3, 0.4) is 0 Å². The van der Waals surface area contributed by atoms with Crippen molar-refractivity contribution in [1.82, 2.24) is 4.90 Å². The molecule has 4 aliphatic rings. The summed E-state index contributed by atoms with van der Waals surface area (Å²) >= 11 is 0. The number of allylic oxidation sites excluding steroid dienone is 6. The lowest BCUT2D eigenvalue weighted by molar-refractivity contribution is -0.266. The van der Waals surface area contributed by atoms with E-state index in [0.29, 0.717) is 63.4 Å². The standard InChI is InChI=1S/C56H90NO16P/c1-35-15-11-10-12-16-36(2)47(71-25-28-74(68,26-23-58)27-24-59)33-43-20-18-41(7)56(67,73-43)53(64)54(65)57-22-14-13-17-44(57)55(66)72-48(38(4)31-42-19-21-45(60)49(32-42)69-8)34-46(61)37(3)30-40(6)51(63)52(70-9)50(62)39(5)29-35/h10-12,15-16,30,35,37-39,41-45,47-49,51-52,58-60,63,67H,13-14,17-29,31-34H2,1-9H3/b12-10+,15-11+,36-16+,40-30+/t35-,37-,38-,39-,41-,42+,43+,44+,45-,47?,48+,49-,51-,52+,56-/m1/s1. The SMILES string of the molecule is CO[C@@H]1C[C@H](C[C@@H](C)[C@@H]2CC(=O)[C@H](C)/C=C(\C)[C@@H](O)[C@@H](OC)C(=O)[C@H](C)C[C@H](C)/C=C/C=C/C=C(\C)C(OCCP(=O)(CCO)CCO)C[C@@H]3CC[C@@H](C)[C@@](O)(O3)C(=O)C(=O)N3CCCC[C@H]3C(=O)O2)CC[C@H]1O. The van der Waals surface area contributed by atoms with E-state index in [4.69, 9.17) is 23.7 Å². The summed E-state index contributed by atoms with van der Waals surface area (Å²) in [6, 6.07) is -1.20. The molecular weight excluding hydrogens is 974 g/mol. The molecule has 17 nitrogen and oxygen atoms in total. The second-order valence-electron chi connectivity index (χ2n) is 21.9. The molecule has 15 atom stereocenters. The highest BCUT2D eigenvalue weighted by molar-refractivity contribution is 7.64. The molecule has 0 aromatic rings. The number of nitrogens with zero attached hydrogens (tertiary/aromatic N) is 1. The van der Waals surface area contributed by atoms with Gasteiger partial charge < -0.3 is 58.7 Å². The van der Waals surface area contributed by atoms with Crippen LogP contribution in [0.2, 0.25) is 0 Å². The van der Waals surface area contributed by atoms with Gasteiger partial charge in [0.25, 0.3) is 11.7 Å². The summed E-state index contributed by atoms with van der Waals surface area (Å²) in [4.78, 5) is 72.6. The highest BCUT2D eigenvalue weighted by Crippen LogP contribution is 2.44. The summed E-state index contributed by atoms with van der Waals surface area (Å²) in [6.07, 6.45) is 9.73. The zero-order valence-corrected chi connectivity index (χ0v) is 46.5. The second kappa shape index (κ2) is 30.1. The topological polar surface area (TPSA) is 253 Å². The van der Waals surface area contributed by atoms with Crippen LogP contribution in [0.5, 0.6) is 0 Å². The average molecular weight is 1060 g/mol. The minimum Gasteiger partial charge on any atom is -0.460 e. The number of amides is 1. The molecule has 18 heteroatoms. The van der Waals surface area contributed by atoms with Crippen LogP contribution in [-0.4, -0.2) is 173 Å². The Morgan fingerprint density at radius 2 is 1.55 bits per heavy atom. The Labute approximate surface area is 439 Å². The molecule has 0 spiro atoms. The number of hydrogen-bond donors (Lipinski definition) is 5. The van der Waals surface area contributed by atoms with Crippen molar-refractivity contribution in [3.63, 3.8) is 0 Å². The summed E-state index contributed by atoms with van der Waals surface area (Å²) < 4.78 is 43.6. The number of aliphatic hydroxyl groups is 5. The van der Waals surface area contributed by atoms with Crippen LogP contribution < -0.4 is 0 Å². The molecule has 1 unspecified atom stereocenters. The predicted molar refractivity (Wildman–Crippen MR) is 280 cm³/mol. The molecule has 3 heterocycles. The Morgan fingerprint density at radius 3 is 2.22 bits per heavy atom. The lowest BCUT2D eigenvalue weighted by Crippen LogP contribution is -2.61. The minimum absolute atomic E-state index is 0.0189. The monoisotopic (exact) mass is 1060 g/mol. The zero-order chi connectivity index (χ0) is 54.9. The van der Waals surface area contributed by atoms with Crippen molar-refractivity contribution in [3.8, 4) is 0 Å². The van der Waals surface area contributed by atoms with Gasteiger partial charge in [-0.2, -0.15) is 0 Å². The fourth-order valence-corrected chi connectivity index (χ4v) is 12.9. The van der Waals surface area contributed by atoms with Gasteiger partial charge >= 0.3 is 5.97 Å². The summed E-state index contributed by atoms with van der Waals surface area (Å²) in [5, 5.41) is 53.4. The van der Waals surface area contributed by atoms with Crippen molar-refractivity contribution in [1.29, 1.82) is 0 Å². The first-order valence-electron chi connectivity index (χ1n) is 27.1. The van der Waals surface area contributed by atoms with Gasteiger partial charge in [0.2, 0.25) is 5.79 Å². The largest absolute Gasteiger partial charge is 0.460 e. The van der Waals surface area contributed by atoms with Gasteiger partial charge in [-0.15, -0.1) is 0 Å². The summed E-state index contributed by atoms with van der Waals surface area (Å²) in [6.45, 7) is 11.9. The van der Waals surface area contributed by atoms with Gasteiger partial charge in [0.1, 0.15) is 30.1 Å². The lowest BCUT2D eigenvalue weighted by Gasteiger charge is -2.43. The molecule has 74 heavy (non-hydrogen) atoms. The predicted octanol–water partition coefficient (Wildman–Crippen LogP) is 5.90. The molecule has 3 fully saturated rings. The molecule has 2 bridgehead atoms. The van der Waals surface area contributed by atoms with Gasteiger partial charge in [-0.05, 0) is 107 Å². The number of methoxy groups -OCH3 is 2. The fraction of sp³-hybridized carbons (Fsp3) is 0.768. The van der Waals surface area contributed by atoms with Crippen molar-refractivity contribution >= 4 is 36.4 Å². The van der Waals surface area contributed by atoms with E-state index in [1.54, 1.807) is 40.9 Å². The molecule has 3 aliphatic heterocycles. The van der Waals surface area contributed by atoms with Gasteiger partial charge in [0.05, 0.1) is 38.2 Å². The third-order valence-corrected chi connectivity index (χ3v) is 19.1. The maximum atomic E-state index is 14.5. The Kier molecular flexibility index (Phi) is 25.7. The molecule has 420 valence electrons. The molecule has 5 N–H and O–H groups in total. The maximum Gasteiger partial charge on any atom is 0.329 e. The van der Waals surface area contributed by atoms with Crippen molar-refractivity contribution in [2.24, 2.45) is 35.5 Å². The molecule has 0 aromatic heterocycles. The highest BCUT2D eigenvalue weighted by atomic mass is 31.2. The van der Waals surface area contributed by atoms with Gasteiger partial charge in [-0.1, -0.05) is 71.1 Å². The summed E-state index contributed by atoms with van der Waals surface area (Å²) in [5.41, 5.74) is 1.10. The van der Waals surface area contributed by atoms with Crippen LogP contribution in [0.15, 0.2) is 47.6 Å². The first kappa shape index (κ1) is 63.3. The number of esters is 1. The minimum atomic E-state index is -2.96. The zero-order valence-electron chi connectivity index (χ0n) is 45.6. The van der Waals surface area contributed by atoms with Crippen molar-refractivity contribution < 1.29 is 77.8 Å². The number of cyclic esters (lactones) is 1. The van der Waals surface area contributed by atoms with Crippen molar-refractivity contribution in [3.05, 3.63) is 47.6 Å². The second-order valence-corrected chi connectivity index (χ2v) is 25.4. The van der Waals surface area contributed by atoms with Crippen LogP contribution >= 0.6 is 7.14 Å². The quantitative estimate of drug-likeness (QED) is 0.0623. The molecule has 1 aliphatic carbocycles. The van der Waals surface area contributed by atoms with Crippen molar-refractivity contribution in [2.75, 3.05) is 59.1 Å². The maximum absolute atomic E-state index is 14.5. The Bertz CT molecular complexity index is 2030. The molecule has 0 aromatic carbocycles. The van der Waals surface area contributed by atoms with Crippen molar-refractivity contribution in [2.45, 2.75) is 180 Å². The number of fused-ring (bicyclic) bond motifs is 3. The van der Waals surface area contributed by atoms with Crippen LogP contribution in [0.4, 0.5) is 0 Å². The van der Waals surface area contributed by atoms with Crippen LogP contribution in [0.25, 0.3) is 0 Å². The Hall–Kier alpha value is -3.22. The lowest BCUT2D eigenvalue weighted by atomic mass is 9.78. The number of carbonyl (C=O) groups is 5. The highest BCUT2D eigenvalue weighted by Gasteiger charge is 2.53. The summed E-state index contributed by atoms with van der Waals surface area (Å²) in [7, 11) is -0.0496. The first-order chi connectivity index (χ1) is 35.0. The molecule has 1 saturated carbocycles. The van der Waals surface area contributed by atoms with E-state index in [-0.39, 0.29) is 99.5 Å². The van der Waals surface area contributed by atoms with E-state index in [2.05, 4.69) is 0 Å². The molecular formula is C56H90NO16P. The number of Topliss-reactive ketones (excluding diaryl/α,β-unsaturated/α-hetero) is 3. The van der Waals surface area contributed by atoms with Gasteiger partial charge in [-0.25, -0.2) is 4.79 Å². The van der Waals surface area contributed by atoms with E-state index in [9.17, 15) is 54.1 Å². The van der Waals surface area contributed by atoms with E-state index in [1.807, 2.05) is 51.2 Å². The van der Waals surface area contributed by atoms with Crippen LogP contribution in [0, 0.1) is 35.5 Å². The fourth-order valence-electron chi connectivity index (χ4n) is 11.1. The van der Waals surface area contributed by atoms with E-state index < -0.39 is 91.0 Å². The van der Waals surface area contributed by atoms with Gasteiger partial charge in [-0.3, -0.25) is 19.2 Å². The number of carbonyl (C=O) groups excluding carboxylic acids is 5. The summed E-state index contributed by atoms with van der Waals surface area (Å²) in [5.74, 6) is -8.65. The number of rotatable bonds is 13. The number of hydrogen-bond acceptors (Lipinski definition) is 16. The molecule has 0 radical (unpaired) electrons. The number of aliphatic hydroxyl groups excluding tert-OH is 4. The average Bonchev–Trinajstić information content (AvgIpc) is 3.36. The molecule has 1 amide bonds. The van der Waals surface area contributed by atoms with Gasteiger partial charge in [0, 0.05) is 83.1 Å². The third-order valence-electron chi connectivity index (χ3n) is 16.0. The Balaban J connectivity index is 1.73. The molecule has 4 rings (SSSR count). The first-order valence-corrected chi connectivity index (χ1v) is 29.3. The van der Waals surface area contributed by atoms with E-state index in [1.165, 1.54) is 7.11 Å². The Morgan fingerprint density at radius 1 is 0.851 bits per heavy atom. The number of ether oxygens (including phenoxy) is 5. The van der Waals surface area contributed by atoms with Gasteiger partial charge in [0.15, 0.2) is 5.78 Å². The van der Waals surface area contributed by atoms with Crippen LogP contribution in [-0.2, 0) is 52.2 Å². The van der Waals surface area contributed by atoms with E-state index >= 15 is 0 Å². The smallest absolute Gasteiger partial charge is 0.329 e. The number of ketones is 3. The molecule has 2 saturated heterocycles. The normalized spacial score (nSPS) is 37.2.